The van der Waals surface area contributed by atoms with Crippen LogP contribution in [0.3, 0.4) is 0 Å². The van der Waals surface area contributed by atoms with Gasteiger partial charge in [0.2, 0.25) is 11.8 Å². The van der Waals surface area contributed by atoms with Crippen LogP contribution in [-0.4, -0.2) is 22.9 Å². The molecule has 146 valence electrons. The number of amides is 2. The second-order valence-electron chi connectivity index (χ2n) is 6.05. The zero-order chi connectivity index (χ0) is 20.4. The summed E-state index contributed by atoms with van der Waals surface area (Å²) < 4.78 is 42.4. The van der Waals surface area contributed by atoms with Crippen molar-refractivity contribution < 1.29 is 22.8 Å². The molecular weight excluding hydrogens is 439 g/mol. The fourth-order valence-electron chi connectivity index (χ4n) is 2.79. The van der Waals surface area contributed by atoms with Gasteiger partial charge in [-0.15, -0.1) is 0 Å². The Hall–Kier alpha value is -2.81. The smallest absolute Gasteiger partial charge is 0.243 e. The molecule has 0 radical (unpaired) electrons. The lowest BCUT2D eigenvalue weighted by Gasteiger charge is -2.10. The molecule has 2 amide bonds. The highest BCUT2D eigenvalue weighted by Gasteiger charge is 2.17. The maximum absolute atomic E-state index is 13.6. The van der Waals surface area contributed by atoms with Crippen LogP contribution in [0.5, 0.6) is 0 Å². The van der Waals surface area contributed by atoms with Gasteiger partial charge in [0.25, 0.3) is 0 Å². The molecule has 2 aromatic carbocycles. The van der Waals surface area contributed by atoms with E-state index in [1.54, 1.807) is 4.57 Å². The number of nitrogens with one attached hydrogen (secondary N) is 2. The van der Waals surface area contributed by atoms with Crippen LogP contribution < -0.4 is 10.6 Å². The van der Waals surface area contributed by atoms with Crippen molar-refractivity contribution in [1.82, 2.24) is 9.88 Å². The van der Waals surface area contributed by atoms with Crippen LogP contribution in [0.25, 0.3) is 10.9 Å². The number of rotatable bonds is 5. The lowest BCUT2D eigenvalue weighted by molar-refractivity contribution is -0.124. The van der Waals surface area contributed by atoms with E-state index in [1.165, 1.54) is 0 Å². The largest absolute Gasteiger partial charge is 0.345 e. The third-order valence-electron chi connectivity index (χ3n) is 4.21. The average molecular weight is 454 g/mol. The number of hydrogen-bond acceptors (Lipinski definition) is 2. The van der Waals surface area contributed by atoms with Gasteiger partial charge in [-0.3, -0.25) is 9.59 Å². The lowest BCUT2D eigenvalue weighted by atomic mass is 10.2. The molecule has 0 fully saturated rings. The van der Waals surface area contributed by atoms with Crippen molar-refractivity contribution in [1.29, 1.82) is 0 Å². The molecule has 9 heteroatoms. The minimum absolute atomic E-state index is 0.0231. The predicted octanol–water partition coefficient (Wildman–Crippen LogP) is 3.88. The van der Waals surface area contributed by atoms with E-state index in [1.807, 2.05) is 31.2 Å². The number of fused-ring (bicyclic) bond motifs is 1. The molecule has 0 saturated carbocycles. The molecule has 0 spiro atoms. The highest BCUT2D eigenvalue weighted by molar-refractivity contribution is 9.10. The Kier molecular flexibility index (Phi) is 5.73. The topological polar surface area (TPSA) is 63.1 Å². The van der Waals surface area contributed by atoms with Gasteiger partial charge in [-0.2, -0.15) is 0 Å². The van der Waals surface area contributed by atoms with Crippen molar-refractivity contribution in [3.8, 4) is 0 Å². The third kappa shape index (κ3) is 3.89. The molecule has 0 saturated heterocycles. The number of halogens is 4. The van der Waals surface area contributed by atoms with Gasteiger partial charge in [0.1, 0.15) is 6.54 Å². The van der Waals surface area contributed by atoms with Crippen molar-refractivity contribution in [3.05, 3.63) is 64.0 Å². The van der Waals surface area contributed by atoms with E-state index in [2.05, 4.69) is 26.6 Å². The fourth-order valence-corrected chi connectivity index (χ4v) is 3.34. The van der Waals surface area contributed by atoms with E-state index < -0.39 is 41.5 Å². The van der Waals surface area contributed by atoms with Crippen LogP contribution in [0.1, 0.15) is 5.69 Å². The van der Waals surface area contributed by atoms with Crippen LogP contribution in [0.15, 0.2) is 40.9 Å². The minimum Gasteiger partial charge on any atom is -0.345 e. The standard InChI is InChI=1S/C19H15BrF3N3O2/c1-10-17(20)11-4-2-3-5-14(11)26(10)9-16(28)24-8-15(27)25-13-7-6-12(21)18(22)19(13)23/h2-7H,8-9H2,1H3,(H,24,28)(H,25,27). The Morgan fingerprint density at radius 1 is 1.04 bits per heavy atom. The Bertz CT molecular complexity index is 1080. The minimum atomic E-state index is -1.68. The quantitative estimate of drug-likeness (QED) is 0.575. The van der Waals surface area contributed by atoms with E-state index >= 15 is 0 Å². The fraction of sp³-hybridized carbons (Fsp3) is 0.158. The number of anilines is 1. The summed E-state index contributed by atoms with van der Waals surface area (Å²) >= 11 is 3.50. The molecule has 0 atom stereocenters. The maximum Gasteiger partial charge on any atom is 0.243 e. The molecule has 1 aromatic heterocycles. The maximum atomic E-state index is 13.6. The van der Waals surface area contributed by atoms with Gasteiger partial charge in [-0.1, -0.05) is 18.2 Å². The van der Waals surface area contributed by atoms with E-state index in [0.29, 0.717) is 6.07 Å². The van der Waals surface area contributed by atoms with Crippen molar-refractivity contribution in [3.63, 3.8) is 0 Å². The second kappa shape index (κ2) is 8.05. The summed E-state index contributed by atoms with van der Waals surface area (Å²) in [6, 6.07) is 9.14. The van der Waals surface area contributed by atoms with Crippen LogP contribution in [0.4, 0.5) is 18.9 Å². The molecule has 28 heavy (non-hydrogen) atoms. The number of benzene rings is 2. The molecule has 3 aromatic rings. The van der Waals surface area contributed by atoms with Gasteiger partial charge < -0.3 is 15.2 Å². The van der Waals surface area contributed by atoms with Gasteiger partial charge in [-0.25, -0.2) is 13.2 Å². The summed E-state index contributed by atoms with van der Waals surface area (Å²) in [4.78, 5) is 24.1. The second-order valence-corrected chi connectivity index (χ2v) is 6.84. The summed E-state index contributed by atoms with van der Waals surface area (Å²) in [5.74, 6) is -5.74. The highest BCUT2D eigenvalue weighted by atomic mass is 79.9. The molecular formula is C19H15BrF3N3O2. The number of nitrogens with zero attached hydrogens (tertiary/aromatic N) is 1. The molecule has 3 rings (SSSR count). The normalized spacial score (nSPS) is 10.9. The van der Waals surface area contributed by atoms with Crippen molar-refractivity contribution >= 4 is 44.3 Å². The molecule has 0 unspecified atom stereocenters. The van der Waals surface area contributed by atoms with Gasteiger partial charge >= 0.3 is 0 Å². The van der Waals surface area contributed by atoms with Crippen molar-refractivity contribution in [2.45, 2.75) is 13.5 Å². The number of carbonyl (C=O) groups is 2. The van der Waals surface area contributed by atoms with Crippen molar-refractivity contribution in [2.75, 3.05) is 11.9 Å². The first-order valence-corrected chi connectivity index (χ1v) is 9.02. The first-order chi connectivity index (χ1) is 13.3. The van der Waals surface area contributed by atoms with E-state index in [4.69, 9.17) is 0 Å². The molecule has 5 nitrogen and oxygen atoms in total. The van der Waals surface area contributed by atoms with Crippen LogP contribution in [0, 0.1) is 24.4 Å². The van der Waals surface area contributed by atoms with Crippen LogP contribution >= 0.6 is 15.9 Å². The number of hydrogen-bond donors (Lipinski definition) is 2. The summed E-state index contributed by atoms with van der Waals surface area (Å²) in [5.41, 5.74) is 1.20. The zero-order valence-corrected chi connectivity index (χ0v) is 16.2. The van der Waals surface area contributed by atoms with Crippen LogP contribution in [-0.2, 0) is 16.1 Å². The first-order valence-electron chi connectivity index (χ1n) is 8.23. The molecule has 1 heterocycles. The molecule has 0 aliphatic rings. The average Bonchev–Trinajstić information content (AvgIpc) is 2.92. The van der Waals surface area contributed by atoms with Crippen LogP contribution in [0.2, 0.25) is 0 Å². The molecule has 0 aliphatic carbocycles. The molecule has 0 bridgehead atoms. The Morgan fingerprint density at radius 3 is 2.50 bits per heavy atom. The van der Waals surface area contributed by atoms with Gasteiger partial charge in [0.05, 0.1) is 12.2 Å². The van der Waals surface area contributed by atoms with Gasteiger partial charge in [0, 0.05) is 21.1 Å². The Balaban J connectivity index is 1.63. The van der Waals surface area contributed by atoms with E-state index in [0.717, 1.165) is 27.1 Å². The van der Waals surface area contributed by atoms with Gasteiger partial charge in [-0.05, 0) is 41.1 Å². The summed E-state index contributed by atoms with van der Waals surface area (Å²) in [5, 5.41) is 5.47. The van der Waals surface area contributed by atoms with Crippen molar-refractivity contribution in [2.24, 2.45) is 0 Å². The highest BCUT2D eigenvalue weighted by Crippen LogP contribution is 2.30. The lowest BCUT2D eigenvalue weighted by Crippen LogP contribution is -2.35. The van der Waals surface area contributed by atoms with E-state index in [9.17, 15) is 22.8 Å². The number of aromatic nitrogens is 1. The number of carbonyl (C=O) groups excluding carboxylic acids is 2. The monoisotopic (exact) mass is 453 g/mol. The third-order valence-corrected chi connectivity index (χ3v) is 5.21. The summed E-state index contributed by atoms with van der Waals surface area (Å²) in [6.07, 6.45) is 0. The Labute approximate surface area is 166 Å². The SMILES string of the molecule is Cc1c(Br)c2ccccc2n1CC(=O)NCC(=O)Nc1ccc(F)c(F)c1F. The number of para-hydroxylation sites is 1. The predicted molar refractivity (Wildman–Crippen MR) is 102 cm³/mol. The zero-order valence-electron chi connectivity index (χ0n) is 14.7. The Morgan fingerprint density at radius 2 is 1.75 bits per heavy atom. The van der Waals surface area contributed by atoms with Gasteiger partial charge in [0.15, 0.2) is 17.5 Å². The molecule has 2 N–H and O–H groups in total. The first kappa shape index (κ1) is 19.9. The summed E-state index contributed by atoms with van der Waals surface area (Å²) in [6.45, 7) is 1.39. The molecule has 0 aliphatic heterocycles. The summed E-state index contributed by atoms with van der Waals surface area (Å²) in [7, 11) is 0. The van der Waals surface area contributed by atoms with E-state index in [-0.39, 0.29) is 6.54 Å².